The molecule has 2 rings (SSSR count). The summed E-state index contributed by atoms with van der Waals surface area (Å²) >= 11 is 0. The van der Waals surface area contributed by atoms with Crippen molar-refractivity contribution in [3.05, 3.63) is 30.3 Å². The van der Waals surface area contributed by atoms with E-state index in [4.69, 9.17) is 24.5 Å². The lowest BCUT2D eigenvalue weighted by Crippen LogP contribution is -2.60. The molecule has 33 heavy (non-hydrogen) atoms. The van der Waals surface area contributed by atoms with Crippen molar-refractivity contribution in [2.24, 2.45) is 0 Å². The van der Waals surface area contributed by atoms with Crippen LogP contribution in [0.1, 0.15) is 65.2 Å². The number of rotatable bonds is 11. The van der Waals surface area contributed by atoms with Gasteiger partial charge in [0, 0.05) is 32.3 Å². The molecule has 0 aromatic heterocycles. The number of aliphatic carboxylic acids is 2. The zero-order chi connectivity index (χ0) is 24.7. The Morgan fingerprint density at radius 1 is 0.970 bits per heavy atom. The normalized spacial score (nSPS) is 15.2. The van der Waals surface area contributed by atoms with Gasteiger partial charge >= 0.3 is 11.9 Å². The zero-order valence-electron chi connectivity index (χ0n) is 20.3. The number of hydrogen-bond acceptors (Lipinski definition) is 5. The number of carbonyl (C=O) groups excluding carboxylic acids is 1. The SMILES string of the molecule is CCCCCCCN1CCC(COC)(N(C(=O)CC)c2ccccc2)CC1.O=C(O)C(=O)O. The molecule has 1 amide bonds. The Balaban J connectivity index is 0.000000801. The molecule has 2 N–H and O–H groups in total. The fourth-order valence-electron chi connectivity index (χ4n) is 4.25. The van der Waals surface area contributed by atoms with Crippen LogP contribution >= 0.6 is 0 Å². The molecule has 186 valence electrons. The quantitative estimate of drug-likeness (QED) is 0.376. The van der Waals surface area contributed by atoms with Crippen LogP contribution in [-0.4, -0.2) is 71.8 Å². The average molecular weight is 465 g/mol. The van der Waals surface area contributed by atoms with Gasteiger partial charge in [-0.15, -0.1) is 0 Å². The molecule has 0 atom stereocenters. The first kappa shape index (κ1) is 28.6. The number of methoxy groups -OCH3 is 1. The predicted molar refractivity (Wildman–Crippen MR) is 129 cm³/mol. The molecule has 0 unspecified atom stereocenters. The summed E-state index contributed by atoms with van der Waals surface area (Å²) in [4.78, 5) is 35.7. The number of benzene rings is 1. The van der Waals surface area contributed by atoms with Crippen molar-refractivity contribution in [2.75, 3.05) is 38.3 Å². The van der Waals surface area contributed by atoms with Crippen LogP contribution in [0, 0.1) is 0 Å². The first-order chi connectivity index (χ1) is 15.8. The van der Waals surface area contributed by atoms with Gasteiger partial charge in [0.05, 0.1) is 12.1 Å². The number of piperidine rings is 1. The fraction of sp³-hybridized carbons (Fsp3) is 0.640. The molecule has 1 aromatic rings. The Kier molecular flexibility index (Phi) is 13.3. The molecule has 8 heteroatoms. The first-order valence-electron chi connectivity index (χ1n) is 11.9. The summed E-state index contributed by atoms with van der Waals surface area (Å²) in [7, 11) is 1.75. The number of anilines is 1. The molecule has 8 nitrogen and oxygen atoms in total. The monoisotopic (exact) mass is 464 g/mol. The van der Waals surface area contributed by atoms with Crippen LogP contribution in [0.5, 0.6) is 0 Å². The highest BCUT2D eigenvalue weighted by Crippen LogP contribution is 2.34. The van der Waals surface area contributed by atoms with Crippen molar-refractivity contribution in [3.63, 3.8) is 0 Å². The third kappa shape index (κ3) is 9.52. The molecular formula is C25H40N2O6. The van der Waals surface area contributed by atoms with E-state index in [0.29, 0.717) is 13.0 Å². The van der Waals surface area contributed by atoms with Gasteiger partial charge in [0.15, 0.2) is 0 Å². The standard InChI is InChI=1S/C23H38N2O2.C2H2O4/c1-4-6-7-8-12-17-24-18-15-23(16-19-24,20-27-3)25(22(26)5-2)21-13-10-9-11-14-21;3-1(4)2(5)6/h9-11,13-14H,4-8,12,15-20H2,1-3H3;(H,3,4)(H,5,6). The van der Waals surface area contributed by atoms with Gasteiger partial charge < -0.3 is 24.7 Å². The van der Waals surface area contributed by atoms with Crippen LogP contribution in [0.25, 0.3) is 0 Å². The number of amides is 1. The molecule has 0 spiro atoms. The average Bonchev–Trinajstić information content (AvgIpc) is 2.81. The van der Waals surface area contributed by atoms with E-state index >= 15 is 0 Å². The van der Waals surface area contributed by atoms with Crippen LogP contribution in [0.2, 0.25) is 0 Å². The van der Waals surface area contributed by atoms with Crippen LogP contribution in [-0.2, 0) is 19.1 Å². The van der Waals surface area contributed by atoms with Gasteiger partial charge in [0.2, 0.25) is 5.91 Å². The van der Waals surface area contributed by atoms with Crippen LogP contribution in [0.3, 0.4) is 0 Å². The van der Waals surface area contributed by atoms with Crippen LogP contribution < -0.4 is 4.90 Å². The van der Waals surface area contributed by atoms with E-state index in [-0.39, 0.29) is 11.4 Å². The highest BCUT2D eigenvalue weighted by atomic mass is 16.5. The van der Waals surface area contributed by atoms with Crippen LogP contribution in [0.15, 0.2) is 30.3 Å². The van der Waals surface area contributed by atoms with Crippen molar-refractivity contribution in [1.29, 1.82) is 0 Å². The van der Waals surface area contributed by atoms with Gasteiger partial charge in [-0.25, -0.2) is 9.59 Å². The summed E-state index contributed by atoms with van der Waals surface area (Å²) < 4.78 is 5.63. The second-order valence-corrected chi connectivity index (χ2v) is 8.44. The number of ether oxygens (including phenoxy) is 1. The molecular weight excluding hydrogens is 424 g/mol. The molecule has 0 bridgehead atoms. The van der Waals surface area contributed by atoms with Crippen molar-refractivity contribution in [2.45, 2.75) is 70.8 Å². The maximum atomic E-state index is 12.9. The summed E-state index contributed by atoms with van der Waals surface area (Å²) in [5.41, 5.74) is 0.761. The first-order valence-corrected chi connectivity index (χ1v) is 11.9. The number of likely N-dealkylation sites (tertiary alicyclic amines) is 1. The highest BCUT2D eigenvalue weighted by Gasteiger charge is 2.42. The second kappa shape index (κ2) is 15.4. The minimum absolute atomic E-state index is 0.186. The van der Waals surface area contributed by atoms with Gasteiger partial charge in [-0.05, 0) is 37.9 Å². The second-order valence-electron chi connectivity index (χ2n) is 8.44. The van der Waals surface area contributed by atoms with Gasteiger partial charge in [-0.2, -0.15) is 0 Å². The van der Waals surface area contributed by atoms with Gasteiger partial charge in [-0.3, -0.25) is 4.79 Å². The summed E-state index contributed by atoms with van der Waals surface area (Å²) in [5.74, 6) is -3.46. The Bertz CT molecular complexity index is 705. The Hall–Kier alpha value is -2.45. The molecule has 1 aliphatic rings. The number of para-hydroxylation sites is 1. The zero-order valence-corrected chi connectivity index (χ0v) is 20.3. The molecule has 1 saturated heterocycles. The molecule has 0 saturated carbocycles. The number of carbonyl (C=O) groups is 3. The smallest absolute Gasteiger partial charge is 0.414 e. The van der Waals surface area contributed by atoms with Crippen LogP contribution in [0.4, 0.5) is 5.69 Å². The lowest BCUT2D eigenvalue weighted by Gasteiger charge is -2.48. The molecule has 1 aliphatic heterocycles. The van der Waals surface area contributed by atoms with Crippen molar-refractivity contribution < 1.29 is 29.3 Å². The summed E-state index contributed by atoms with van der Waals surface area (Å²) in [6.45, 7) is 8.06. The summed E-state index contributed by atoms with van der Waals surface area (Å²) in [5, 5.41) is 14.8. The lowest BCUT2D eigenvalue weighted by molar-refractivity contribution is -0.159. The van der Waals surface area contributed by atoms with Crippen molar-refractivity contribution >= 4 is 23.5 Å². The fourth-order valence-corrected chi connectivity index (χ4v) is 4.25. The molecule has 1 fully saturated rings. The maximum absolute atomic E-state index is 12.9. The summed E-state index contributed by atoms with van der Waals surface area (Å²) in [6.07, 6.45) is 9.07. The number of nitrogens with zero attached hydrogens (tertiary/aromatic N) is 2. The third-order valence-electron chi connectivity index (χ3n) is 6.00. The van der Waals surface area contributed by atoms with Crippen molar-refractivity contribution in [3.8, 4) is 0 Å². The summed E-state index contributed by atoms with van der Waals surface area (Å²) in [6, 6.07) is 10.1. The van der Waals surface area contributed by atoms with E-state index < -0.39 is 11.9 Å². The Labute approximate surface area is 197 Å². The number of unbranched alkanes of at least 4 members (excludes halogenated alkanes) is 4. The minimum atomic E-state index is -1.82. The Morgan fingerprint density at radius 3 is 2.03 bits per heavy atom. The van der Waals surface area contributed by atoms with Gasteiger partial charge in [-0.1, -0.05) is 57.7 Å². The topological polar surface area (TPSA) is 107 Å². The van der Waals surface area contributed by atoms with Crippen molar-refractivity contribution in [1.82, 2.24) is 4.90 Å². The third-order valence-corrected chi connectivity index (χ3v) is 6.00. The van der Waals surface area contributed by atoms with E-state index in [0.717, 1.165) is 31.6 Å². The van der Waals surface area contributed by atoms with E-state index in [1.807, 2.05) is 42.2 Å². The maximum Gasteiger partial charge on any atom is 0.414 e. The molecule has 1 heterocycles. The molecule has 0 radical (unpaired) electrons. The number of carboxylic acids is 2. The van der Waals surface area contributed by atoms with E-state index in [9.17, 15) is 4.79 Å². The van der Waals surface area contributed by atoms with E-state index in [2.05, 4.69) is 11.8 Å². The minimum Gasteiger partial charge on any atom is -0.473 e. The molecule has 1 aromatic carbocycles. The predicted octanol–water partition coefficient (Wildman–Crippen LogP) is 4.04. The van der Waals surface area contributed by atoms with E-state index in [1.165, 1.54) is 38.6 Å². The number of carboxylic acid groups (broad SMARTS) is 2. The highest BCUT2D eigenvalue weighted by molar-refractivity contribution is 6.27. The molecule has 0 aliphatic carbocycles. The van der Waals surface area contributed by atoms with E-state index in [1.54, 1.807) is 7.11 Å². The largest absolute Gasteiger partial charge is 0.473 e. The van der Waals surface area contributed by atoms with Gasteiger partial charge in [0.1, 0.15) is 0 Å². The van der Waals surface area contributed by atoms with Gasteiger partial charge in [0.25, 0.3) is 0 Å². The lowest BCUT2D eigenvalue weighted by atomic mass is 9.85. The number of hydrogen-bond donors (Lipinski definition) is 2. The Morgan fingerprint density at radius 2 is 1.55 bits per heavy atom.